The Labute approximate surface area is 177 Å². The van der Waals surface area contributed by atoms with Crippen molar-refractivity contribution < 1.29 is 0 Å². The molecule has 30 heavy (non-hydrogen) atoms. The van der Waals surface area contributed by atoms with Gasteiger partial charge in [-0.1, -0.05) is 36.8 Å². The molecule has 3 aromatic rings. The van der Waals surface area contributed by atoms with Gasteiger partial charge in [0.15, 0.2) is 11.8 Å². The molecule has 0 saturated carbocycles. The molecule has 0 spiro atoms. The van der Waals surface area contributed by atoms with Crippen molar-refractivity contribution in [3.8, 4) is 11.3 Å². The van der Waals surface area contributed by atoms with Crippen molar-refractivity contribution in [2.75, 3.05) is 13.6 Å². The number of H-pyrrole nitrogens is 1. The molecule has 1 aromatic carbocycles. The number of hydrogen-bond donors (Lipinski definition) is 2. The maximum Gasteiger partial charge on any atom is 0.194 e. The van der Waals surface area contributed by atoms with Crippen LogP contribution in [0, 0.1) is 0 Å². The first-order valence-corrected chi connectivity index (χ1v) is 10.7. The Morgan fingerprint density at radius 2 is 2.07 bits per heavy atom. The Kier molecular flexibility index (Phi) is 6.41. The minimum absolute atomic E-state index is 0.521. The van der Waals surface area contributed by atoms with Crippen molar-refractivity contribution in [1.29, 1.82) is 0 Å². The Hall–Kier alpha value is -3.16. The van der Waals surface area contributed by atoms with Gasteiger partial charge in [0.05, 0.1) is 18.4 Å². The van der Waals surface area contributed by atoms with E-state index in [0.717, 1.165) is 54.2 Å². The van der Waals surface area contributed by atoms with E-state index in [1.54, 1.807) is 0 Å². The molecule has 0 radical (unpaired) electrons. The molecule has 0 atom stereocenters. The van der Waals surface area contributed by atoms with E-state index < -0.39 is 0 Å². The first-order valence-electron chi connectivity index (χ1n) is 10.7. The zero-order chi connectivity index (χ0) is 20.8. The lowest BCUT2D eigenvalue weighted by Crippen LogP contribution is -2.38. The molecule has 4 rings (SSSR count). The maximum absolute atomic E-state index is 4.82. The quantitative estimate of drug-likeness (QED) is 0.485. The summed E-state index contributed by atoms with van der Waals surface area (Å²) < 4.78 is 2.25. The van der Waals surface area contributed by atoms with E-state index in [9.17, 15) is 0 Å². The number of rotatable bonds is 6. The van der Waals surface area contributed by atoms with E-state index >= 15 is 0 Å². The van der Waals surface area contributed by atoms with Gasteiger partial charge in [-0.15, -0.1) is 10.2 Å². The third kappa shape index (κ3) is 4.69. The number of aromatic nitrogens is 5. The number of nitrogens with zero attached hydrogens (tertiary/aromatic N) is 6. The fraction of sp³-hybridized carbons (Fsp3) is 0.455. The second-order valence-electron chi connectivity index (χ2n) is 7.63. The van der Waals surface area contributed by atoms with Crippen LogP contribution in [0.1, 0.15) is 43.7 Å². The van der Waals surface area contributed by atoms with E-state index in [-0.39, 0.29) is 0 Å². The smallest absolute Gasteiger partial charge is 0.194 e. The summed E-state index contributed by atoms with van der Waals surface area (Å²) in [7, 11) is 2.02. The normalized spacial score (nSPS) is 14.3. The van der Waals surface area contributed by atoms with Crippen LogP contribution < -0.4 is 5.32 Å². The second-order valence-corrected chi connectivity index (χ2v) is 7.63. The Morgan fingerprint density at radius 3 is 2.90 bits per heavy atom. The lowest BCUT2D eigenvalue weighted by molar-refractivity contribution is 0.463. The van der Waals surface area contributed by atoms with Gasteiger partial charge in [-0.2, -0.15) is 0 Å². The highest BCUT2D eigenvalue weighted by molar-refractivity contribution is 5.79. The molecule has 0 amide bonds. The van der Waals surface area contributed by atoms with Gasteiger partial charge in [0.25, 0.3) is 0 Å². The molecular formula is C22H30N8. The number of aromatic amines is 1. The zero-order valence-corrected chi connectivity index (χ0v) is 17.8. The Morgan fingerprint density at radius 1 is 1.20 bits per heavy atom. The second kappa shape index (κ2) is 9.56. The summed E-state index contributed by atoms with van der Waals surface area (Å²) in [6.07, 6.45) is 6.53. The lowest BCUT2D eigenvalue weighted by Gasteiger charge is -2.21. The first kappa shape index (κ1) is 20.1. The highest BCUT2D eigenvalue weighted by atomic mass is 15.3. The van der Waals surface area contributed by atoms with Crippen LogP contribution in [0.4, 0.5) is 0 Å². The van der Waals surface area contributed by atoms with Crippen LogP contribution in [0.25, 0.3) is 11.3 Å². The average molecular weight is 407 g/mol. The average Bonchev–Trinajstić information content (AvgIpc) is 3.32. The van der Waals surface area contributed by atoms with Gasteiger partial charge in [-0.3, -0.25) is 0 Å². The summed E-state index contributed by atoms with van der Waals surface area (Å²) in [5.41, 5.74) is 2.15. The molecule has 0 unspecified atom stereocenters. The lowest BCUT2D eigenvalue weighted by atomic mass is 10.2. The van der Waals surface area contributed by atoms with Crippen LogP contribution in [0.3, 0.4) is 0 Å². The topological polar surface area (TPSA) is 87.0 Å². The molecule has 0 fully saturated rings. The number of benzene rings is 1. The van der Waals surface area contributed by atoms with Crippen LogP contribution in [-0.4, -0.2) is 49.2 Å². The number of aryl methyl sites for hydroxylation is 1. The maximum atomic E-state index is 4.82. The zero-order valence-electron chi connectivity index (χ0n) is 17.8. The van der Waals surface area contributed by atoms with E-state index in [2.05, 4.69) is 54.0 Å². The highest BCUT2D eigenvalue weighted by Crippen LogP contribution is 2.17. The largest absolute Gasteiger partial charge is 0.357 e. The highest BCUT2D eigenvalue weighted by Gasteiger charge is 2.15. The minimum Gasteiger partial charge on any atom is -0.357 e. The van der Waals surface area contributed by atoms with Gasteiger partial charge in [0.1, 0.15) is 18.2 Å². The van der Waals surface area contributed by atoms with Gasteiger partial charge in [-0.25, -0.2) is 9.98 Å². The Balaban J connectivity index is 1.45. The molecule has 158 valence electrons. The van der Waals surface area contributed by atoms with Gasteiger partial charge < -0.3 is 19.8 Å². The van der Waals surface area contributed by atoms with Gasteiger partial charge in [0.2, 0.25) is 0 Å². The van der Waals surface area contributed by atoms with Crippen molar-refractivity contribution in [3.63, 3.8) is 0 Å². The van der Waals surface area contributed by atoms with Crippen LogP contribution in [0.15, 0.2) is 41.5 Å². The summed E-state index contributed by atoms with van der Waals surface area (Å²) in [4.78, 5) is 14.9. The monoisotopic (exact) mass is 406 g/mol. The van der Waals surface area contributed by atoms with Gasteiger partial charge in [-0.05, 0) is 25.3 Å². The predicted octanol–water partition coefficient (Wildman–Crippen LogP) is 2.99. The Bertz CT molecular complexity index is 972. The van der Waals surface area contributed by atoms with Crippen LogP contribution in [0.2, 0.25) is 0 Å². The number of guanidine groups is 1. The summed E-state index contributed by atoms with van der Waals surface area (Å²) >= 11 is 0. The predicted molar refractivity (Wildman–Crippen MR) is 118 cm³/mol. The fourth-order valence-electron chi connectivity index (χ4n) is 3.78. The number of imidazole rings is 1. The number of fused-ring (bicyclic) bond motifs is 1. The molecule has 8 nitrogen and oxygen atoms in total. The van der Waals surface area contributed by atoms with Crippen LogP contribution in [-0.2, 0) is 26.1 Å². The van der Waals surface area contributed by atoms with Crippen LogP contribution >= 0.6 is 0 Å². The van der Waals surface area contributed by atoms with Gasteiger partial charge in [0, 0.05) is 26.6 Å². The molecule has 0 aliphatic carbocycles. The number of hydrogen-bond acceptors (Lipinski definition) is 4. The summed E-state index contributed by atoms with van der Waals surface area (Å²) in [6, 6.07) is 10.2. The first-order chi connectivity index (χ1) is 14.7. The van der Waals surface area contributed by atoms with E-state index in [4.69, 9.17) is 4.99 Å². The standard InChI is InChI=1S/C22H30N8/c1-3-23-22(25-15-21-28-27-20-12-8-5-9-13-30(20)21)29(2)16-19-24-14-18(26-19)17-10-6-4-7-11-17/h4,6-7,10-11,14H,3,5,8-9,12-13,15-16H2,1-2H3,(H,23,25)(H,24,26). The molecule has 0 saturated heterocycles. The van der Waals surface area contributed by atoms with Crippen molar-refractivity contribution in [2.24, 2.45) is 4.99 Å². The minimum atomic E-state index is 0.521. The summed E-state index contributed by atoms with van der Waals surface area (Å²) in [5, 5.41) is 12.1. The third-order valence-electron chi connectivity index (χ3n) is 5.35. The van der Waals surface area contributed by atoms with Gasteiger partial charge >= 0.3 is 0 Å². The van der Waals surface area contributed by atoms with Crippen molar-refractivity contribution in [1.82, 2.24) is 34.9 Å². The number of aliphatic imine (C=N–C) groups is 1. The molecule has 1 aliphatic rings. The third-order valence-corrected chi connectivity index (χ3v) is 5.35. The molecule has 2 aromatic heterocycles. The molecule has 1 aliphatic heterocycles. The van der Waals surface area contributed by atoms with E-state index in [1.807, 2.05) is 31.4 Å². The molecule has 2 N–H and O–H groups in total. The van der Waals surface area contributed by atoms with Crippen molar-refractivity contribution >= 4 is 5.96 Å². The summed E-state index contributed by atoms with van der Waals surface area (Å²) in [5.74, 6) is 3.78. The summed E-state index contributed by atoms with van der Waals surface area (Å²) in [6.45, 7) is 5.03. The molecule has 3 heterocycles. The fourth-order valence-corrected chi connectivity index (χ4v) is 3.78. The molecule has 0 bridgehead atoms. The van der Waals surface area contributed by atoms with Crippen molar-refractivity contribution in [2.45, 2.75) is 52.2 Å². The van der Waals surface area contributed by atoms with E-state index in [0.29, 0.717) is 13.1 Å². The molecule has 8 heteroatoms. The van der Waals surface area contributed by atoms with Crippen molar-refractivity contribution in [3.05, 3.63) is 54.0 Å². The van der Waals surface area contributed by atoms with Crippen LogP contribution in [0.5, 0.6) is 0 Å². The molecular weight excluding hydrogens is 376 g/mol. The van der Waals surface area contributed by atoms with E-state index in [1.165, 1.54) is 19.3 Å². The SMILES string of the molecule is CCNC(=NCc1nnc2n1CCCCC2)N(C)Cc1ncc(-c2ccccc2)[nH]1. The number of nitrogens with one attached hydrogen (secondary N) is 2.